The summed E-state index contributed by atoms with van der Waals surface area (Å²) in [5.41, 5.74) is 1.42. The van der Waals surface area contributed by atoms with Crippen LogP contribution in [0.15, 0.2) is 24.3 Å². The van der Waals surface area contributed by atoms with E-state index in [2.05, 4.69) is 10.6 Å². The lowest BCUT2D eigenvalue weighted by Gasteiger charge is -2.11. The fraction of sp³-hybridized carbons (Fsp3) is 0.500. The summed E-state index contributed by atoms with van der Waals surface area (Å²) in [5.74, 6) is 0. The second-order valence-corrected chi connectivity index (χ2v) is 4.60. The number of carbonyl (C=O) groups is 1. The zero-order valence-corrected chi connectivity index (χ0v) is 11.6. The van der Waals surface area contributed by atoms with E-state index in [1.54, 1.807) is 25.1 Å². The van der Waals surface area contributed by atoms with Crippen molar-refractivity contribution < 1.29 is 14.6 Å². The number of carbonyl (C=O) groups excluding carboxylic acids is 1. The van der Waals surface area contributed by atoms with E-state index in [1.807, 2.05) is 19.9 Å². The Morgan fingerprint density at radius 1 is 1.37 bits per heavy atom. The van der Waals surface area contributed by atoms with Gasteiger partial charge in [-0.1, -0.05) is 12.1 Å². The number of amides is 2. The van der Waals surface area contributed by atoms with Crippen molar-refractivity contribution in [3.63, 3.8) is 0 Å². The predicted octanol–water partition coefficient (Wildman–Crippen LogP) is 2.29. The lowest BCUT2D eigenvalue weighted by atomic mass is 10.1. The van der Waals surface area contributed by atoms with Gasteiger partial charge in [0.2, 0.25) is 0 Å². The monoisotopic (exact) mass is 266 g/mol. The van der Waals surface area contributed by atoms with Crippen molar-refractivity contribution in [2.24, 2.45) is 0 Å². The zero-order chi connectivity index (χ0) is 14.3. The molecule has 0 aliphatic heterocycles. The molecule has 5 heteroatoms. The molecule has 0 radical (unpaired) electrons. The third-order valence-corrected chi connectivity index (χ3v) is 2.47. The highest BCUT2D eigenvalue weighted by Gasteiger charge is 2.04. The summed E-state index contributed by atoms with van der Waals surface area (Å²) >= 11 is 0. The molecule has 5 nitrogen and oxygen atoms in total. The highest BCUT2D eigenvalue weighted by atomic mass is 16.5. The maximum atomic E-state index is 11.6. The molecule has 1 rings (SSSR count). The van der Waals surface area contributed by atoms with E-state index in [0.717, 1.165) is 5.56 Å². The van der Waals surface area contributed by atoms with Crippen LogP contribution in [0, 0.1) is 0 Å². The smallest absolute Gasteiger partial charge is 0.319 e. The molecule has 1 unspecified atom stereocenters. The van der Waals surface area contributed by atoms with Gasteiger partial charge in [0.05, 0.1) is 18.8 Å². The van der Waals surface area contributed by atoms with E-state index in [4.69, 9.17) is 4.74 Å². The van der Waals surface area contributed by atoms with Gasteiger partial charge in [-0.15, -0.1) is 0 Å². The van der Waals surface area contributed by atoms with Gasteiger partial charge >= 0.3 is 6.03 Å². The Bertz CT molecular complexity index is 405. The molecule has 1 aromatic carbocycles. The van der Waals surface area contributed by atoms with Crippen LogP contribution < -0.4 is 10.6 Å². The zero-order valence-electron chi connectivity index (χ0n) is 11.6. The van der Waals surface area contributed by atoms with Crippen molar-refractivity contribution in [2.45, 2.75) is 33.0 Å². The second-order valence-electron chi connectivity index (χ2n) is 4.60. The second kappa shape index (κ2) is 7.76. The summed E-state index contributed by atoms with van der Waals surface area (Å²) in [6.07, 6.45) is -0.392. The van der Waals surface area contributed by atoms with Gasteiger partial charge in [-0.2, -0.15) is 0 Å². The van der Waals surface area contributed by atoms with Gasteiger partial charge < -0.3 is 20.5 Å². The van der Waals surface area contributed by atoms with Crippen LogP contribution in [0.1, 0.15) is 32.4 Å². The van der Waals surface area contributed by atoms with Crippen LogP contribution in [-0.2, 0) is 4.74 Å². The molecule has 1 atom stereocenters. The van der Waals surface area contributed by atoms with Gasteiger partial charge in [0.1, 0.15) is 0 Å². The fourth-order valence-electron chi connectivity index (χ4n) is 1.51. The number of ether oxygens (including phenoxy) is 1. The van der Waals surface area contributed by atoms with E-state index >= 15 is 0 Å². The van der Waals surface area contributed by atoms with E-state index < -0.39 is 6.10 Å². The molecule has 3 N–H and O–H groups in total. The normalized spacial score (nSPS) is 12.3. The number of benzene rings is 1. The third-order valence-electron chi connectivity index (χ3n) is 2.47. The summed E-state index contributed by atoms with van der Waals surface area (Å²) in [7, 11) is 0. The van der Waals surface area contributed by atoms with Gasteiger partial charge in [0, 0.05) is 12.2 Å². The fourth-order valence-corrected chi connectivity index (χ4v) is 1.51. The number of aliphatic hydroxyl groups excluding tert-OH is 1. The van der Waals surface area contributed by atoms with Crippen LogP contribution in [0.5, 0.6) is 0 Å². The van der Waals surface area contributed by atoms with Gasteiger partial charge in [-0.3, -0.25) is 0 Å². The first-order valence-corrected chi connectivity index (χ1v) is 6.43. The van der Waals surface area contributed by atoms with Crippen molar-refractivity contribution in [1.82, 2.24) is 5.32 Å². The average molecular weight is 266 g/mol. The van der Waals surface area contributed by atoms with E-state index in [9.17, 15) is 9.90 Å². The van der Waals surface area contributed by atoms with Gasteiger partial charge in [-0.05, 0) is 38.5 Å². The van der Waals surface area contributed by atoms with Crippen molar-refractivity contribution in [2.75, 3.05) is 18.5 Å². The highest BCUT2D eigenvalue weighted by Crippen LogP contribution is 2.16. The average Bonchev–Trinajstić information content (AvgIpc) is 2.34. The molecule has 0 heterocycles. The Morgan fingerprint density at radius 2 is 2.11 bits per heavy atom. The molecule has 19 heavy (non-hydrogen) atoms. The maximum absolute atomic E-state index is 11.6. The first kappa shape index (κ1) is 15.5. The van der Waals surface area contributed by atoms with Gasteiger partial charge in [-0.25, -0.2) is 4.79 Å². The Hall–Kier alpha value is -1.59. The molecule has 0 saturated heterocycles. The molecule has 0 spiro atoms. The molecule has 2 amide bonds. The van der Waals surface area contributed by atoms with E-state index in [-0.39, 0.29) is 12.1 Å². The minimum absolute atomic E-state index is 0.160. The van der Waals surface area contributed by atoms with Crippen LogP contribution in [0.3, 0.4) is 0 Å². The number of nitrogens with one attached hydrogen (secondary N) is 2. The van der Waals surface area contributed by atoms with Crippen LogP contribution in [0.25, 0.3) is 0 Å². The number of hydrogen-bond donors (Lipinski definition) is 3. The summed E-state index contributed by atoms with van der Waals surface area (Å²) < 4.78 is 5.32. The number of anilines is 1. The van der Waals surface area contributed by atoms with Crippen molar-refractivity contribution in [3.8, 4) is 0 Å². The molecule has 0 saturated carbocycles. The van der Waals surface area contributed by atoms with E-state index in [1.165, 1.54) is 0 Å². The van der Waals surface area contributed by atoms with Gasteiger partial charge in [0.25, 0.3) is 0 Å². The topological polar surface area (TPSA) is 70.6 Å². The van der Waals surface area contributed by atoms with Crippen LogP contribution in [-0.4, -0.2) is 30.4 Å². The quantitative estimate of drug-likeness (QED) is 0.692. The molecule has 0 bridgehead atoms. The Kier molecular flexibility index (Phi) is 6.32. The van der Waals surface area contributed by atoms with Crippen molar-refractivity contribution in [3.05, 3.63) is 29.8 Å². The third kappa shape index (κ3) is 6.22. The first-order chi connectivity index (χ1) is 8.99. The number of urea groups is 1. The number of aliphatic hydroxyl groups is 1. The highest BCUT2D eigenvalue weighted by molar-refractivity contribution is 5.89. The minimum Gasteiger partial charge on any atom is -0.389 e. The maximum Gasteiger partial charge on any atom is 0.319 e. The largest absolute Gasteiger partial charge is 0.389 e. The Labute approximate surface area is 114 Å². The summed E-state index contributed by atoms with van der Waals surface area (Å²) in [4.78, 5) is 11.6. The summed E-state index contributed by atoms with van der Waals surface area (Å²) in [6.45, 7) is 6.52. The minimum atomic E-state index is -0.552. The molecule has 106 valence electrons. The van der Waals surface area contributed by atoms with Crippen molar-refractivity contribution in [1.29, 1.82) is 0 Å². The lowest BCUT2D eigenvalue weighted by molar-refractivity contribution is 0.0820. The first-order valence-electron chi connectivity index (χ1n) is 6.43. The summed E-state index contributed by atoms with van der Waals surface area (Å²) in [5, 5.41) is 14.9. The number of hydrogen-bond acceptors (Lipinski definition) is 3. The van der Waals surface area contributed by atoms with Crippen LogP contribution in [0.4, 0.5) is 10.5 Å². The molecular formula is C14H22N2O3. The molecular weight excluding hydrogens is 244 g/mol. The lowest BCUT2D eigenvalue weighted by Crippen LogP contribution is -2.32. The van der Waals surface area contributed by atoms with Crippen LogP contribution in [0.2, 0.25) is 0 Å². The van der Waals surface area contributed by atoms with E-state index in [0.29, 0.717) is 18.8 Å². The van der Waals surface area contributed by atoms with Crippen LogP contribution >= 0.6 is 0 Å². The molecule has 0 aromatic heterocycles. The molecule has 0 aliphatic carbocycles. The Balaban J connectivity index is 2.37. The SMILES string of the molecule is CC(C)OCCNC(=O)Nc1cccc(C(C)O)c1. The standard InChI is InChI=1S/C14H22N2O3/c1-10(2)19-8-7-15-14(18)16-13-6-4-5-12(9-13)11(3)17/h4-6,9-11,17H,7-8H2,1-3H3,(H2,15,16,18). The predicted molar refractivity (Wildman–Crippen MR) is 75.2 cm³/mol. The van der Waals surface area contributed by atoms with Crippen molar-refractivity contribution >= 4 is 11.7 Å². The molecule has 0 aliphatic rings. The molecule has 0 fully saturated rings. The molecule has 1 aromatic rings. The summed E-state index contributed by atoms with van der Waals surface area (Å²) in [6, 6.07) is 6.84. The number of rotatable bonds is 6. The van der Waals surface area contributed by atoms with Gasteiger partial charge in [0.15, 0.2) is 0 Å². The Morgan fingerprint density at radius 3 is 2.74 bits per heavy atom.